The molecule has 0 fully saturated rings. The third kappa shape index (κ3) is 7.43. The standard InChI is InChI=1S/C23H30O4/c1-6-17-9-19(11-18-7-16(2)8-21(24)13-18)12-20(10-17)14-26-15-22(25)27-23(3,4)5/h7-10,12-13,24H,6,11,14-15H2,1-5H3. The number of carbonyl (C=O) groups excluding carboxylic acids is 1. The van der Waals surface area contributed by atoms with Gasteiger partial charge in [0.25, 0.3) is 0 Å². The van der Waals surface area contributed by atoms with Gasteiger partial charge in [0.2, 0.25) is 0 Å². The van der Waals surface area contributed by atoms with E-state index in [1.807, 2.05) is 27.7 Å². The van der Waals surface area contributed by atoms with Crippen LogP contribution in [0.3, 0.4) is 0 Å². The summed E-state index contributed by atoms with van der Waals surface area (Å²) in [5.41, 5.74) is 5.02. The van der Waals surface area contributed by atoms with E-state index in [0.29, 0.717) is 6.61 Å². The quantitative estimate of drug-likeness (QED) is 0.717. The molecule has 4 nitrogen and oxygen atoms in total. The fourth-order valence-electron chi connectivity index (χ4n) is 3.03. The highest BCUT2D eigenvalue weighted by Gasteiger charge is 2.16. The maximum absolute atomic E-state index is 11.8. The average Bonchev–Trinajstić information content (AvgIpc) is 2.51. The lowest BCUT2D eigenvalue weighted by molar-refractivity contribution is -0.160. The minimum atomic E-state index is -0.505. The molecule has 4 heteroatoms. The van der Waals surface area contributed by atoms with Crippen LogP contribution in [0.15, 0.2) is 36.4 Å². The average molecular weight is 370 g/mol. The van der Waals surface area contributed by atoms with E-state index < -0.39 is 5.60 Å². The molecule has 2 aromatic carbocycles. The van der Waals surface area contributed by atoms with Crippen LogP contribution in [0, 0.1) is 6.92 Å². The number of hydrogen-bond acceptors (Lipinski definition) is 4. The van der Waals surface area contributed by atoms with Crippen molar-refractivity contribution in [1.29, 1.82) is 0 Å². The third-order valence-electron chi connectivity index (χ3n) is 3.96. The Balaban J connectivity index is 2.05. The number of carbonyl (C=O) groups is 1. The van der Waals surface area contributed by atoms with Gasteiger partial charge in [-0.1, -0.05) is 31.2 Å². The first-order valence-corrected chi connectivity index (χ1v) is 9.35. The highest BCUT2D eigenvalue weighted by atomic mass is 16.6. The molecule has 0 spiro atoms. The fourth-order valence-corrected chi connectivity index (χ4v) is 3.03. The van der Waals surface area contributed by atoms with Crippen molar-refractivity contribution in [1.82, 2.24) is 0 Å². The predicted molar refractivity (Wildman–Crippen MR) is 107 cm³/mol. The first kappa shape index (κ1) is 21.0. The molecule has 0 aliphatic heterocycles. The Morgan fingerprint density at radius 1 is 0.963 bits per heavy atom. The summed E-state index contributed by atoms with van der Waals surface area (Å²) >= 11 is 0. The second kappa shape index (κ2) is 9.05. The number of aromatic hydroxyl groups is 1. The minimum Gasteiger partial charge on any atom is -0.508 e. The molecule has 0 heterocycles. The molecule has 0 atom stereocenters. The topological polar surface area (TPSA) is 55.8 Å². The van der Waals surface area contributed by atoms with E-state index in [2.05, 4.69) is 31.2 Å². The predicted octanol–water partition coefficient (Wildman–Crippen LogP) is 4.71. The van der Waals surface area contributed by atoms with Crippen LogP contribution in [0.2, 0.25) is 0 Å². The molecule has 0 aliphatic rings. The molecular formula is C23H30O4. The number of rotatable bonds is 7. The van der Waals surface area contributed by atoms with Gasteiger partial charge >= 0.3 is 5.97 Å². The Bertz CT molecular complexity index is 767. The van der Waals surface area contributed by atoms with Gasteiger partial charge in [-0.25, -0.2) is 4.79 Å². The van der Waals surface area contributed by atoms with E-state index in [-0.39, 0.29) is 18.3 Å². The van der Waals surface area contributed by atoms with Crippen molar-refractivity contribution >= 4 is 5.97 Å². The molecule has 0 aliphatic carbocycles. The number of phenols is 1. The molecule has 27 heavy (non-hydrogen) atoms. The van der Waals surface area contributed by atoms with Gasteiger partial charge in [0, 0.05) is 0 Å². The lowest BCUT2D eigenvalue weighted by Crippen LogP contribution is -2.26. The van der Waals surface area contributed by atoms with Gasteiger partial charge in [0.15, 0.2) is 0 Å². The van der Waals surface area contributed by atoms with Crippen molar-refractivity contribution in [2.75, 3.05) is 6.61 Å². The summed E-state index contributed by atoms with van der Waals surface area (Å²) in [7, 11) is 0. The number of ether oxygens (including phenoxy) is 2. The summed E-state index contributed by atoms with van der Waals surface area (Å²) in [6.45, 7) is 9.90. The Morgan fingerprint density at radius 2 is 1.59 bits per heavy atom. The summed E-state index contributed by atoms with van der Waals surface area (Å²) in [6.07, 6.45) is 1.66. The zero-order chi connectivity index (χ0) is 20.0. The van der Waals surface area contributed by atoms with Crippen molar-refractivity contribution in [3.63, 3.8) is 0 Å². The van der Waals surface area contributed by atoms with Crippen LogP contribution in [-0.2, 0) is 33.7 Å². The van der Waals surface area contributed by atoms with E-state index in [4.69, 9.17) is 9.47 Å². The maximum atomic E-state index is 11.8. The van der Waals surface area contributed by atoms with Crippen LogP contribution >= 0.6 is 0 Å². The van der Waals surface area contributed by atoms with Gasteiger partial charge in [0.05, 0.1) is 6.61 Å². The number of hydrogen-bond donors (Lipinski definition) is 1. The summed E-state index contributed by atoms with van der Waals surface area (Å²) in [4.78, 5) is 11.8. The highest BCUT2D eigenvalue weighted by Crippen LogP contribution is 2.20. The van der Waals surface area contributed by atoms with Crippen molar-refractivity contribution in [2.24, 2.45) is 0 Å². The molecule has 146 valence electrons. The Labute approximate surface area is 162 Å². The van der Waals surface area contributed by atoms with E-state index in [1.54, 1.807) is 12.1 Å². The van der Waals surface area contributed by atoms with E-state index in [0.717, 1.165) is 35.1 Å². The van der Waals surface area contributed by atoms with Crippen molar-refractivity contribution in [3.05, 3.63) is 64.2 Å². The zero-order valence-corrected chi connectivity index (χ0v) is 17.0. The first-order chi connectivity index (χ1) is 12.6. The number of aryl methyl sites for hydroxylation is 2. The highest BCUT2D eigenvalue weighted by molar-refractivity contribution is 5.71. The van der Waals surface area contributed by atoms with Gasteiger partial charge in [-0.3, -0.25) is 0 Å². The Morgan fingerprint density at radius 3 is 2.22 bits per heavy atom. The molecular weight excluding hydrogens is 340 g/mol. The molecule has 0 aromatic heterocycles. The van der Waals surface area contributed by atoms with Gasteiger partial charge < -0.3 is 14.6 Å². The lowest BCUT2D eigenvalue weighted by Gasteiger charge is -2.19. The lowest BCUT2D eigenvalue weighted by atomic mass is 9.98. The minimum absolute atomic E-state index is 0.0608. The SMILES string of the molecule is CCc1cc(COCC(=O)OC(C)(C)C)cc(Cc2cc(C)cc(O)c2)c1. The first-order valence-electron chi connectivity index (χ1n) is 9.35. The fraction of sp³-hybridized carbons (Fsp3) is 0.435. The molecule has 0 saturated carbocycles. The van der Waals surface area contributed by atoms with Crippen LogP contribution in [0.4, 0.5) is 0 Å². The van der Waals surface area contributed by atoms with Gasteiger partial charge in [-0.2, -0.15) is 0 Å². The molecule has 0 saturated heterocycles. The van der Waals surface area contributed by atoms with E-state index >= 15 is 0 Å². The normalized spacial score (nSPS) is 11.4. The van der Waals surface area contributed by atoms with Crippen molar-refractivity contribution in [3.8, 4) is 5.75 Å². The van der Waals surface area contributed by atoms with Crippen LogP contribution < -0.4 is 0 Å². The number of phenolic OH excluding ortho intramolecular Hbond substituents is 1. The van der Waals surface area contributed by atoms with Crippen LogP contribution in [0.1, 0.15) is 55.5 Å². The smallest absolute Gasteiger partial charge is 0.332 e. The zero-order valence-electron chi connectivity index (χ0n) is 17.0. The third-order valence-corrected chi connectivity index (χ3v) is 3.96. The van der Waals surface area contributed by atoms with Crippen LogP contribution in [-0.4, -0.2) is 23.3 Å². The maximum Gasteiger partial charge on any atom is 0.332 e. The van der Waals surface area contributed by atoms with E-state index in [9.17, 15) is 9.90 Å². The second-order valence-corrected chi connectivity index (χ2v) is 7.94. The largest absolute Gasteiger partial charge is 0.508 e. The molecule has 2 rings (SSSR count). The van der Waals surface area contributed by atoms with Crippen molar-refractivity contribution in [2.45, 2.75) is 59.7 Å². The summed E-state index contributed by atoms with van der Waals surface area (Å²) in [5.74, 6) is -0.0674. The summed E-state index contributed by atoms with van der Waals surface area (Å²) in [5, 5.41) is 9.81. The monoisotopic (exact) mass is 370 g/mol. The van der Waals surface area contributed by atoms with Crippen LogP contribution in [0.25, 0.3) is 0 Å². The molecule has 0 unspecified atom stereocenters. The number of esters is 1. The van der Waals surface area contributed by atoms with Gasteiger partial charge in [0.1, 0.15) is 18.0 Å². The Kier molecular flexibility index (Phi) is 7.03. The number of benzene rings is 2. The summed E-state index contributed by atoms with van der Waals surface area (Å²) in [6, 6.07) is 12.0. The van der Waals surface area contributed by atoms with Gasteiger partial charge in [-0.15, -0.1) is 0 Å². The summed E-state index contributed by atoms with van der Waals surface area (Å²) < 4.78 is 10.8. The molecule has 0 radical (unpaired) electrons. The van der Waals surface area contributed by atoms with E-state index in [1.165, 1.54) is 5.56 Å². The molecule has 1 N–H and O–H groups in total. The molecule has 0 amide bonds. The molecule has 0 bridgehead atoms. The second-order valence-electron chi connectivity index (χ2n) is 7.94. The van der Waals surface area contributed by atoms with Gasteiger partial charge in [-0.05, 0) is 80.5 Å². The molecule has 2 aromatic rings. The Hall–Kier alpha value is -2.33. The van der Waals surface area contributed by atoms with Crippen LogP contribution in [0.5, 0.6) is 5.75 Å². The van der Waals surface area contributed by atoms with Crippen molar-refractivity contribution < 1.29 is 19.4 Å².